The van der Waals surface area contributed by atoms with Crippen molar-refractivity contribution in [2.75, 3.05) is 7.05 Å². The number of carbonyl (C=O) groups is 1. The molecular weight excluding hydrogens is 419 g/mol. The molecule has 0 spiro atoms. The molecule has 1 aromatic carbocycles. The van der Waals surface area contributed by atoms with Gasteiger partial charge in [0.25, 0.3) is 5.91 Å². The molecule has 0 aliphatic rings. The van der Waals surface area contributed by atoms with Gasteiger partial charge < -0.3 is 14.2 Å². The van der Waals surface area contributed by atoms with Gasteiger partial charge in [-0.1, -0.05) is 17.3 Å². The lowest BCUT2D eigenvalue weighted by molar-refractivity contribution is 0.0769. The SMILES string of the molecule is Cc1onc(C(=O)N(C)Cc2c(Br)cnn2C)c1COc1ccccc1F. The van der Waals surface area contributed by atoms with Gasteiger partial charge in [0.05, 0.1) is 28.5 Å². The summed E-state index contributed by atoms with van der Waals surface area (Å²) in [6.45, 7) is 1.98. The van der Waals surface area contributed by atoms with Crippen LogP contribution in [0.1, 0.15) is 27.5 Å². The lowest BCUT2D eigenvalue weighted by Crippen LogP contribution is -2.28. The summed E-state index contributed by atoms with van der Waals surface area (Å²) in [5.41, 5.74) is 1.47. The largest absolute Gasteiger partial charge is 0.486 e. The summed E-state index contributed by atoms with van der Waals surface area (Å²) in [7, 11) is 3.46. The highest BCUT2D eigenvalue weighted by molar-refractivity contribution is 9.10. The fourth-order valence-corrected chi connectivity index (χ4v) is 3.01. The molecule has 142 valence electrons. The molecule has 0 radical (unpaired) electrons. The van der Waals surface area contributed by atoms with Crippen molar-refractivity contribution < 1.29 is 18.4 Å². The first-order valence-electron chi connectivity index (χ1n) is 8.12. The average Bonchev–Trinajstić information content (AvgIpc) is 3.17. The minimum atomic E-state index is -0.474. The summed E-state index contributed by atoms with van der Waals surface area (Å²) < 4.78 is 26.9. The molecule has 1 amide bonds. The van der Waals surface area contributed by atoms with Crippen LogP contribution < -0.4 is 4.74 Å². The number of amides is 1. The maximum Gasteiger partial charge on any atom is 0.276 e. The van der Waals surface area contributed by atoms with Crippen LogP contribution in [0.4, 0.5) is 4.39 Å². The van der Waals surface area contributed by atoms with E-state index in [2.05, 4.69) is 26.2 Å². The molecule has 0 saturated carbocycles. The van der Waals surface area contributed by atoms with Crippen molar-refractivity contribution in [1.82, 2.24) is 19.8 Å². The molecule has 0 saturated heterocycles. The number of halogens is 2. The van der Waals surface area contributed by atoms with Crippen LogP contribution in [0.5, 0.6) is 5.75 Å². The Morgan fingerprint density at radius 3 is 2.81 bits per heavy atom. The summed E-state index contributed by atoms with van der Waals surface area (Å²) in [6, 6.07) is 6.07. The Hall–Kier alpha value is -2.68. The standard InChI is InChI=1S/C18H18BrFN4O3/c1-11-12(10-26-16-7-5-4-6-14(16)20)17(22-27-11)18(25)23(2)9-15-13(19)8-21-24(15)3/h4-8H,9-10H2,1-3H3. The Bertz CT molecular complexity index is 950. The summed E-state index contributed by atoms with van der Waals surface area (Å²) in [5.74, 6) is -0.252. The van der Waals surface area contributed by atoms with Crippen LogP contribution in [-0.2, 0) is 20.2 Å². The zero-order valence-corrected chi connectivity index (χ0v) is 16.7. The minimum Gasteiger partial charge on any atom is -0.486 e. The van der Waals surface area contributed by atoms with E-state index in [1.165, 1.54) is 17.0 Å². The maximum absolute atomic E-state index is 13.7. The molecule has 0 fully saturated rings. The van der Waals surface area contributed by atoms with Gasteiger partial charge in [0, 0.05) is 14.1 Å². The van der Waals surface area contributed by atoms with Gasteiger partial charge in [-0.2, -0.15) is 5.10 Å². The van der Waals surface area contributed by atoms with E-state index in [9.17, 15) is 9.18 Å². The number of aromatic nitrogens is 3. The normalized spacial score (nSPS) is 10.9. The minimum absolute atomic E-state index is 0.0272. The Balaban J connectivity index is 1.77. The van der Waals surface area contributed by atoms with Crippen molar-refractivity contribution in [2.24, 2.45) is 7.05 Å². The topological polar surface area (TPSA) is 73.4 Å². The van der Waals surface area contributed by atoms with Crippen molar-refractivity contribution in [3.8, 4) is 5.75 Å². The maximum atomic E-state index is 13.7. The third-order valence-corrected chi connectivity index (χ3v) is 4.80. The molecule has 0 unspecified atom stereocenters. The van der Waals surface area contributed by atoms with E-state index >= 15 is 0 Å². The first-order valence-corrected chi connectivity index (χ1v) is 8.92. The number of ether oxygens (including phenoxy) is 1. The van der Waals surface area contributed by atoms with Gasteiger partial charge in [-0.05, 0) is 35.0 Å². The first-order chi connectivity index (χ1) is 12.9. The van der Waals surface area contributed by atoms with E-state index in [-0.39, 0.29) is 24.0 Å². The molecular formula is C18H18BrFN4O3. The van der Waals surface area contributed by atoms with E-state index in [0.717, 1.165) is 10.2 Å². The van der Waals surface area contributed by atoms with Crippen LogP contribution in [0.2, 0.25) is 0 Å². The number of rotatable bonds is 6. The van der Waals surface area contributed by atoms with Crippen LogP contribution in [0.25, 0.3) is 0 Å². The van der Waals surface area contributed by atoms with E-state index in [4.69, 9.17) is 9.26 Å². The molecule has 2 aromatic heterocycles. The Morgan fingerprint density at radius 1 is 1.41 bits per heavy atom. The highest BCUT2D eigenvalue weighted by Crippen LogP contribution is 2.22. The quantitative estimate of drug-likeness (QED) is 0.591. The molecule has 0 N–H and O–H groups in total. The van der Waals surface area contributed by atoms with Gasteiger partial charge in [-0.15, -0.1) is 0 Å². The number of carbonyl (C=O) groups excluding carboxylic acids is 1. The van der Waals surface area contributed by atoms with E-state index < -0.39 is 5.82 Å². The van der Waals surface area contributed by atoms with Crippen molar-refractivity contribution >= 4 is 21.8 Å². The van der Waals surface area contributed by atoms with E-state index in [0.29, 0.717) is 17.9 Å². The first kappa shape index (κ1) is 19.1. The van der Waals surface area contributed by atoms with E-state index in [1.807, 2.05) is 0 Å². The molecule has 3 aromatic rings. The Kier molecular flexibility index (Phi) is 5.59. The Morgan fingerprint density at radius 2 is 2.15 bits per heavy atom. The lowest BCUT2D eigenvalue weighted by Gasteiger charge is -2.17. The smallest absolute Gasteiger partial charge is 0.276 e. The third kappa shape index (κ3) is 4.02. The molecule has 0 atom stereocenters. The van der Waals surface area contributed by atoms with Gasteiger partial charge in [-0.25, -0.2) is 4.39 Å². The predicted octanol–water partition coefficient (Wildman–Crippen LogP) is 3.47. The molecule has 0 aliphatic carbocycles. The summed E-state index contributed by atoms with van der Waals surface area (Å²) in [6.07, 6.45) is 1.67. The average molecular weight is 437 g/mol. The van der Waals surface area contributed by atoms with Gasteiger partial charge >= 0.3 is 0 Å². The fourth-order valence-electron chi connectivity index (χ4n) is 2.53. The van der Waals surface area contributed by atoms with Crippen molar-refractivity contribution in [3.63, 3.8) is 0 Å². The van der Waals surface area contributed by atoms with Crippen LogP contribution in [-0.4, -0.2) is 32.8 Å². The number of benzene rings is 1. The van der Waals surface area contributed by atoms with Gasteiger partial charge in [0.1, 0.15) is 12.4 Å². The van der Waals surface area contributed by atoms with Crippen LogP contribution >= 0.6 is 15.9 Å². The van der Waals surface area contributed by atoms with Gasteiger partial charge in [0.15, 0.2) is 17.3 Å². The van der Waals surface area contributed by atoms with Gasteiger partial charge in [-0.3, -0.25) is 9.48 Å². The number of para-hydroxylation sites is 1. The highest BCUT2D eigenvalue weighted by Gasteiger charge is 2.24. The zero-order chi connectivity index (χ0) is 19.6. The molecule has 3 rings (SSSR count). The number of nitrogens with zero attached hydrogens (tertiary/aromatic N) is 4. The molecule has 9 heteroatoms. The van der Waals surface area contributed by atoms with Crippen molar-refractivity contribution in [3.05, 3.63) is 63.5 Å². The summed E-state index contributed by atoms with van der Waals surface area (Å²) in [5, 5.41) is 8.01. The molecule has 0 aliphatic heterocycles. The molecule has 2 heterocycles. The van der Waals surface area contributed by atoms with Crippen molar-refractivity contribution in [2.45, 2.75) is 20.1 Å². The summed E-state index contributed by atoms with van der Waals surface area (Å²) >= 11 is 3.42. The predicted molar refractivity (Wildman–Crippen MR) is 98.7 cm³/mol. The number of aryl methyl sites for hydroxylation is 2. The zero-order valence-electron chi connectivity index (χ0n) is 15.1. The highest BCUT2D eigenvalue weighted by atomic mass is 79.9. The number of hydrogen-bond acceptors (Lipinski definition) is 5. The molecule has 0 bridgehead atoms. The van der Waals surface area contributed by atoms with Crippen LogP contribution in [0, 0.1) is 12.7 Å². The summed E-state index contributed by atoms with van der Waals surface area (Å²) in [4.78, 5) is 14.3. The second-order valence-electron chi connectivity index (χ2n) is 6.01. The van der Waals surface area contributed by atoms with E-state index in [1.54, 1.807) is 44.0 Å². The molecule has 27 heavy (non-hydrogen) atoms. The van der Waals surface area contributed by atoms with Crippen LogP contribution in [0.15, 0.2) is 39.5 Å². The lowest BCUT2D eigenvalue weighted by atomic mass is 10.2. The Labute approximate surface area is 163 Å². The fraction of sp³-hybridized carbons (Fsp3) is 0.278. The number of hydrogen-bond donors (Lipinski definition) is 0. The van der Waals surface area contributed by atoms with Crippen LogP contribution in [0.3, 0.4) is 0 Å². The second kappa shape index (κ2) is 7.91. The monoisotopic (exact) mass is 436 g/mol. The molecule has 7 nitrogen and oxygen atoms in total. The second-order valence-corrected chi connectivity index (χ2v) is 6.86. The van der Waals surface area contributed by atoms with Crippen molar-refractivity contribution in [1.29, 1.82) is 0 Å². The third-order valence-electron chi connectivity index (χ3n) is 4.14. The van der Waals surface area contributed by atoms with Gasteiger partial charge in [0.2, 0.25) is 0 Å².